The fourth-order valence-electron chi connectivity index (χ4n) is 4.76. The van der Waals surface area contributed by atoms with Crippen molar-refractivity contribution in [1.82, 2.24) is 0 Å². The Kier molecular flexibility index (Phi) is 7.27. The summed E-state index contributed by atoms with van der Waals surface area (Å²) in [5.41, 5.74) is 1.26. The minimum absolute atomic E-state index is 0.172. The van der Waals surface area contributed by atoms with E-state index in [-0.39, 0.29) is 16.9 Å². The predicted molar refractivity (Wildman–Crippen MR) is 156 cm³/mol. The standard InChI is InChI=1S/C34H24NO2P/c35-25-32(34(37)28-17-13-16-27(24-28)33(36)26-14-5-1-6-15-26)38(29-18-7-2-8-19-29,30-20-9-3-10-21-30)31-22-11-4-12-23-31/h1-24H. The van der Waals surface area contributed by atoms with E-state index in [1.54, 1.807) is 36.4 Å². The summed E-state index contributed by atoms with van der Waals surface area (Å²) in [7, 11) is 0. The summed E-state index contributed by atoms with van der Waals surface area (Å²) in [5.74, 6) is -0.547. The van der Waals surface area contributed by atoms with E-state index in [9.17, 15) is 14.9 Å². The first-order chi connectivity index (χ1) is 18.7. The quantitative estimate of drug-likeness (QED) is 0.206. The lowest BCUT2D eigenvalue weighted by molar-refractivity contribution is 0.103. The second-order valence-corrected chi connectivity index (χ2v) is 12.1. The average molecular weight is 510 g/mol. The van der Waals surface area contributed by atoms with Crippen LogP contribution in [0.2, 0.25) is 0 Å². The molecule has 4 heteroatoms. The van der Waals surface area contributed by atoms with Crippen molar-refractivity contribution in [3.8, 4) is 6.07 Å². The van der Waals surface area contributed by atoms with E-state index in [0.717, 1.165) is 15.9 Å². The van der Waals surface area contributed by atoms with Gasteiger partial charge < -0.3 is 0 Å². The third kappa shape index (κ3) is 4.55. The maximum Gasteiger partial charge on any atom is 0.204 e. The molecule has 5 rings (SSSR count). The number of hydrogen-bond donors (Lipinski definition) is 0. The van der Waals surface area contributed by atoms with Crippen molar-refractivity contribution in [2.45, 2.75) is 0 Å². The van der Waals surface area contributed by atoms with Crippen molar-refractivity contribution in [2.24, 2.45) is 0 Å². The topological polar surface area (TPSA) is 57.9 Å². The van der Waals surface area contributed by atoms with Crippen molar-refractivity contribution in [1.29, 1.82) is 5.26 Å². The summed E-state index contributed by atoms with van der Waals surface area (Å²) in [6.07, 6.45) is 0. The summed E-state index contributed by atoms with van der Waals surface area (Å²) in [6, 6.07) is 47.4. The highest BCUT2D eigenvalue weighted by Crippen LogP contribution is 2.46. The van der Waals surface area contributed by atoms with E-state index in [2.05, 4.69) is 6.07 Å². The van der Waals surface area contributed by atoms with Gasteiger partial charge in [-0.1, -0.05) is 140 Å². The highest BCUT2D eigenvalue weighted by Gasteiger charge is 2.33. The van der Waals surface area contributed by atoms with Crippen LogP contribution in [-0.4, -0.2) is 16.9 Å². The molecule has 0 bridgehead atoms. The zero-order valence-electron chi connectivity index (χ0n) is 20.6. The van der Waals surface area contributed by atoms with Gasteiger partial charge in [0.1, 0.15) is 11.4 Å². The number of rotatable bonds is 7. The number of Topliss-reactive ketones (excluding diaryl/α,β-unsaturated/α-hetero) is 1. The SMILES string of the molecule is N#CC(C(=O)c1cccc(C(=O)c2ccccc2)c1)=P(c1ccccc1)(c1ccccc1)c1ccccc1. The molecular weight excluding hydrogens is 485 g/mol. The molecule has 0 aliphatic carbocycles. The molecule has 0 atom stereocenters. The molecule has 0 heterocycles. The van der Waals surface area contributed by atoms with E-state index >= 15 is 0 Å². The minimum atomic E-state index is -2.86. The van der Waals surface area contributed by atoms with Crippen LogP contribution in [0.1, 0.15) is 26.3 Å². The number of benzene rings is 5. The van der Waals surface area contributed by atoms with Crippen molar-refractivity contribution in [3.05, 3.63) is 162 Å². The fourth-order valence-corrected chi connectivity index (χ4v) is 8.87. The van der Waals surface area contributed by atoms with Crippen molar-refractivity contribution in [3.63, 3.8) is 0 Å². The first-order valence-electron chi connectivity index (χ1n) is 12.2. The summed E-state index contributed by atoms with van der Waals surface area (Å²) < 4.78 is 0. The van der Waals surface area contributed by atoms with Crippen LogP contribution in [0.5, 0.6) is 0 Å². The molecule has 0 amide bonds. The van der Waals surface area contributed by atoms with Gasteiger partial charge in [-0.3, -0.25) is 9.59 Å². The largest absolute Gasteiger partial charge is 0.289 e. The van der Waals surface area contributed by atoms with Crippen molar-refractivity contribution >= 4 is 39.7 Å². The Morgan fingerprint density at radius 3 is 1.34 bits per heavy atom. The normalized spacial score (nSPS) is 10.8. The second-order valence-electron chi connectivity index (χ2n) is 8.74. The number of nitriles is 1. The van der Waals surface area contributed by atoms with Crippen LogP contribution in [0.3, 0.4) is 0 Å². The Hall–Kier alpha value is -4.77. The van der Waals surface area contributed by atoms with Crippen molar-refractivity contribution in [2.75, 3.05) is 0 Å². The number of nitrogens with zero attached hydrogens (tertiary/aromatic N) is 1. The van der Waals surface area contributed by atoms with Gasteiger partial charge >= 0.3 is 0 Å². The lowest BCUT2D eigenvalue weighted by Crippen LogP contribution is -2.33. The molecule has 0 radical (unpaired) electrons. The van der Waals surface area contributed by atoms with E-state index in [1.807, 2.05) is 109 Å². The van der Waals surface area contributed by atoms with Gasteiger partial charge in [0.25, 0.3) is 0 Å². The van der Waals surface area contributed by atoms with Crippen LogP contribution in [0.15, 0.2) is 146 Å². The van der Waals surface area contributed by atoms with Crippen LogP contribution in [0.25, 0.3) is 0 Å². The third-order valence-corrected chi connectivity index (χ3v) is 10.7. The monoisotopic (exact) mass is 509 g/mol. The molecule has 0 spiro atoms. The van der Waals surface area contributed by atoms with Crippen molar-refractivity contribution < 1.29 is 9.59 Å². The molecule has 5 aromatic carbocycles. The average Bonchev–Trinajstić information content (AvgIpc) is 3.01. The second kappa shape index (κ2) is 11.1. The van der Waals surface area contributed by atoms with E-state index in [1.165, 1.54) is 0 Å². The van der Waals surface area contributed by atoms with Crippen LogP contribution >= 0.6 is 6.89 Å². The molecule has 3 nitrogen and oxygen atoms in total. The van der Waals surface area contributed by atoms with Gasteiger partial charge in [-0.2, -0.15) is 5.26 Å². The summed E-state index contributed by atoms with van der Waals surface area (Å²) >= 11 is 0. The van der Waals surface area contributed by atoms with E-state index < -0.39 is 6.89 Å². The smallest absolute Gasteiger partial charge is 0.204 e. The maximum absolute atomic E-state index is 14.3. The zero-order chi connectivity index (χ0) is 26.4. The Bertz CT molecular complexity index is 1580. The summed E-state index contributed by atoms with van der Waals surface area (Å²) in [4.78, 5) is 27.5. The summed E-state index contributed by atoms with van der Waals surface area (Å²) in [6.45, 7) is -2.86. The molecule has 182 valence electrons. The van der Waals surface area contributed by atoms with Gasteiger partial charge in [0, 0.05) is 16.7 Å². The molecule has 0 unspecified atom stereocenters. The molecular formula is C34H24NO2P. The molecule has 0 fully saturated rings. The van der Waals surface area contributed by atoms with E-state index in [0.29, 0.717) is 16.7 Å². The predicted octanol–water partition coefficient (Wildman–Crippen LogP) is 5.79. The Balaban J connectivity index is 1.80. The molecule has 5 aromatic rings. The highest BCUT2D eigenvalue weighted by molar-refractivity contribution is 7.97. The number of hydrogen-bond acceptors (Lipinski definition) is 3. The fraction of sp³-hybridized carbons (Fsp3) is 0. The van der Waals surface area contributed by atoms with Gasteiger partial charge in [-0.05, 0) is 28.9 Å². The van der Waals surface area contributed by atoms with Gasteiger partial charge in [0.05, 0.1) is 0 Å². The minimum Gasteiger partial charge on any atom is -0.289 e. The van der Waals surface area contributed by atoms with Gasteiger partial charge in [0.2, 0.25) is 5.78 Å². The van der Waals surface area contributed by atoms with Gasteiger partial charge in [-0.15, -0.1) is 0 Å². The molecule has 0 aromatic heterocycles. The van der Waals surface area contributed by atoms with Gasteiger partial charge in [0.15, 0.2) is 5.78 Å². The lowest BCUT2D eigenvalue weighted by Gasteiger charge is -2.30. The zero-order valence-corrected chi connectivity index (χ0v) is 21.5. The third-order valence-electron chi connectivity index (χ3n) is 6.51. The molecule has 0 aliphatic heterocycles. The molecule has 0 N–H and O–H groups in total. The molecule has 38 heavy (non-hydrogen) atoms. The van der Waals surface area contributed by atoms with Crippen LogP contribution < -0.4 is 15.9 Å². The number of ketones is 2. The first-order valence-corrected chi connectivity index (χ1v) is 14.0. The molecule has 0 aliphatic rings. The van der Waals surface area contributed by atoms with Crippen LogP contribution in [0, 0.1) is 11.3 Å². The number of carbonyl (C=O) groups is 2. The van der Waals surface area contributed by atoms with E-state index in [4.69, 9.17) is 0 Å². The van der Waals surface area contributed by atoms with Gasteiger partial charge in [-0.25, -0.2) is 0 Å². The lowest BCUT2D eigenvalue weighted by atomic mass is 9.99. The Labute approximate surface area is 222 Å². The van der Waals surface area contributed by atoms with Crippen LogP contribution in [-0.2, 0) is 0 Å². The molecule has 0 saturated carbocycles. The maximum atomic E-state index is 14.3. The number of carbonyl (C=O) groups excluding carboxylic acids is 2. The highest BCUT2D eigenvalue weighted by atomic mass is 31.2. The first kappa shape index (κ1) is 24.9. The Morgan fingerprint density at radius 1 is 0.500 bits per heavy atom. The summed E-state index contributed by atoms with van der Waals surface area (Å²) in [5, 5.41) is 13.6. The Morgan fingerprint density at radius 2 is 0.895 bits per heavy atom. The molecule has 0 saturated heterocycles. The van der Waals surface area contributed by atoms with Crippen LogP contribution in [0.4, 0.5) is 0 Å².